The summed E-state index contributed by atoms with van der Waals surface area (Å²) < 4.78 is 0. The Balaban J connectivity index is 1.37. The zero-order valence-corrected chi connectivity index (χ0v) is 36.2. The van der Waals surface area contributed by atoms with E-state index < -0.39 is 17.2 Å². The molecule has 0 amide bonds. The molecule has 0 fully saturated rings. The van der Waals surface area contributed by atoms with Gasteiger partial charge in [-0.25, -0.2) is 0 Å². The van der Waals surface area contributed by atoms with Crippen LogP contribution in [0, 0.1) is 5.92 Å². The Morgan fingerprint density at radius 3 is 2.05 bits per heavy atom. The van der Waals surface area contributed by atoms with Gasteiger partial charge in [0.25, 0.3) is 0 Å². The molecule has 5 aromatic rings. The molecule has 0 spiro atoms. The highest BCUT2D eigenvalue weighted by atomic mass is 16.3. The first kappa shape index (κ1) is 41.8. The van der Waals surface area contributed by atoms with Gasteiger partial charge in [0.15, 0.2) is 11.5 Å². The van der Waals surface area contributed by atoms with Crippen molar-refractivity contribution < 1.29 is 15.3 Å². The van der Waals surface area contributed by atoms with E-state index in [9.17, 15) is 15.3 Å². The Kier molecular flexibility index (Phi) is 11.1. The van der Waals surface area contributed by atoms with Gasteiger partial charge >= 0.3 is 0 Å². The van der Waals surface area contributed by atoms with E-state index in [1.165, 1.54) is 39.0 Å². The van der Waals surface area contributed by atoms with E-state index in [0.29, 0.717) is 12.5 Å². The van der Waals surface area contributed by atoms with Crippen LogP contribution in [0.5, 0.6) is 17.2 Å². The summed E-state index contributed by atoms with van der Waals surface area (Å²) in [6.45, 7) is 21.0. The minimum atomic E-state index is -0.713. The molecular weight excluding hydrogens is 720 g/mol. The Bertz CT molecular complexity index is 2500. The van der Waals surface area contributed by atoms with Crippen molar-refractivity contribution in [1.29, 1.82) is 0 Å². The van der Waals surface area contributed by atoms with Crippen molar-refractivity contribution >= 4 is 43.6 Å². The number of benzene rings is 5. The largest absolute Gasteiger partial charge is 0.505 e. The third-order valence-electron chi connectivity index (χ3n) is 13.2. The topological polar surface area (TPSA) is 63.9 Å². The smallest absolute Gasteiger partial charge is 0.201 e. The molecule has 0 saturated carbocycles. The number of allylic oxidation sites excluding steroid dienone is 6. The molecule has 0 unspecified atom stereocenters. The molecule has 3 N–H and O–H groups in total. The Morgan fingerprint density at radius 2 is 1.37 bits per heavy atom. The highest BCUT2D eigenvalue weighted by Crippen LogP contribution is 2.52. The summed E-state index contributed by atoms with van der Waals surface area (Å²) in [6, 6.07) is 32.1. The zero-order valence-electron chi connectivity index (χ0n) is 36.2. The number of hydrogen-bond acceptors (Lipinski definition) is 4. The van der Waals surface area contributed by atoms with Crippen LogP contribution in [0.3, 0.4) is 0 Å². The van der Waals surface area contributed by atoms with Gasteiger partial charge in [-0.1, -0.05) is 176 Å². The average molecular weight is 778 g/mol. The quantitative estimate of drug-likeness (QED) is 0.0976. The number of fused-ring (bicyclic) bond motifs is 3. The maximum Gasteiger partial charge on any atom is 0.201 e. The molecule has 298 valence electrons. The Labute approximate surface area is 354 Å². The van der Waals surface area contributed by atoms with Crippen LogP contribution < -0.4 is 15.8 Å². The number of aromatic hydroxyl groups is 3. The summed E-state index contributed by atoms with van der Waals surface area (Å²) in [5.41, 5.74) is 13.8. The van der Waals surface area contributed by atoms with Gasteiger partial charge in [-0.2, -0.15) is 0 Å². The zero-order chi connectivity index (χ0) is 42.6. The molecule has 0 bridgehead atoms. The van der Waals surface area contributed by atoms with E-state index in [1.807, 2.05) is 17.0 Å². The van der Waals surface area contributed by atoms with Gasteiger partial charge in [0, 0.05) is 23.1 Å². The fourth-order valence-corrected chi connectivity index (χ4v) is 9.91. The predicted octanol–water partition coefficient (Wildman–Crippen LogP) is 11.4. The van der Waals surface area contributed by atoms with Crippen molar-refractivity contribution in [2.24, 2.45) is 5.92 Å². The van der Waals surface area contributed by atoms with Crippen LogP contribution >= 0.6 is 0 Å². The summed E-state index contributed by atoms with van der Waals surface area (Å²) in [5.74, 6) is -1.56. The van der Waals surface area contributed by atoms with Gasteiger partial charge in [-0.15, -0.1) is 0 Å². The second-order valence-electron chi connectivity index (χ2n) is 18.2. The molecule has 2 aliphatic carbocycles. The lowest BCUT2D eigenvalue weighted by Gasteiger charge is -2.40. The summed E-state index contributed by atoms with van der Waals surface area (Å²) in [5, 5.41) is 33.1. The SMILES string of the molecule is [B]c1c([B])c(N(Cc2cccc3c2-c2ccccc2C3(C)C)c2cccc(C3=CCC(C(C)C)=C(C(CC)(CC)c4ccccc4C(C)(C)C)C=C3)c2)c(O)c(O)c1O. The molecular formula is C53H57B2NO3. The van der Waals surface area contributed by atoms with Crippen molar-refractivity contribution in [2.75, 3.05) is 4.90 Å². The minimum absolute atomic E-state index is 0.00882. The Morgan fingerprint density at radius 1 is 0.729 bits per heavy atom. The van der Waals surface area contributed by atoms with E-state index in [1.54, 1.807) is 0 Å². The predicted molar refractivity (Wildman–Crippen MR) is 250 cm³/mol. The lowest BCUT2D eigenvalue weighted by Crippen LogP contribution is -2.33. The lowest BCUT2D eigenvalue weighted by atomic mass is 9.64. The van der Waals surface area contributed by atoms with Crippen molar-refractivity contribution in [3.8, 4) is 28.4 Å². The van der Waals surface area contributed by atoms with Crippen molar-refractivity contribution in [1.82, 2.24) is 0 Å². The number of phenols is 3. The standard InChI is InChI=1S/C53H57B2NO3/c1-10-53(11-2,42-24-15-14-23-41(42)51(5,6)7)40-29-27-33(26-28-37(40)32(3)4)34-18-16-20-36(30-34)56(47-45(54)46(55)48(57)50(59)49(47)58)31-35-19-17-25-43-44(35)38-21-12-13-22-39(38)52(43,8)9/h12-27,29-30,32,57-59H,10-11,28,31H2,1-9H3. The van der Waals surface area contributed by atoms with E-state index in [2.05, 4.69) is 159 Å². The van der Waals surface area contributed by atoms with Gasteiger partial charge in [0.05, 0.1) is 5.69 Å². The van der Waals surface area contributed by atoms with Crippen molar-refractivity contribution in [2.45, 2.75) is 104 Å². The maximum absolute atomic E-state index is 11.6. The summed E-state index contributed by atoms with van der Waals surface area (Å²) in [6.07, 6.45) is 9.75. The molecule has 5 aromatic carbocycles. The van der Waals surface area contributed by atoms with Gasteiger partial charge in [0.2, 0.25) is 5.75 Å². The van der Waals surface area contributed by atoms with Crippen LogP contribution in [-0.2, 0) is 22.8 Å². The summed E-state index contributed by atoms with van der Waals surface area (Å²) in [7, 11) is 13.0. The molecule has 0 aromatic heterocycles. The van der Waals surface area contributed by atoms with E-state index >= 15 is 0 Å². The molecule has 0 saturated heterocycles. The van der Waals surface area contributed by atoms with Gasteiger partial charge in [-0.05, 0) is 98.4 Å². The van der Waals surface area contributed by atoms with Gasteiger partial charge in [-0.3, -0.25) is 0 Å². The van der Waals surface area contributed by atoms with Crippen LogP contribution in [-0.4, -0.2) is 31.0 Å². The van der Waals surface area contributed by atoms with E-state index in [0.717, 1.165) is 47.2 Å². The van der Waals surface area contributed by atoms with Crippen LogP contribution in [0.15, 0.2) is 120 Å². The summed E-state index contributed by atoms with van der Waals surface area (Å²) in [4.78, 5) is 1.90. The lowest BCUT2D eigenvalue weighted by molar-refractivity contribution is 0.371. The second kappa shape index (κ2) is 15.7. The maximum atomic E-state index is 11.6. The molecule has 0 atom stereocenters. The number of anilines is 2. The second-order valence-corrected chi connectivity index (χ2v) is 18.2. The molecule has 59 heavy (non-hydrogen) atoms. The number of nitrogens with zero attached hydrogens (tertiary/aromatic N) is 1. The average Bonchev–Trinajstić information content (AvgIpc) is 3.33. The third kappa shape index (κ3) is 7.03. The number of rotatable bonds is 10. The van der Waals surface area contributed by atoms with Crippen molar-refractivity contribution in [3.05, 3.63) is 154 Å². The monoisotopic (exact) mass is 777 g/mol. The van der Waals surface area contributed by atoms with Crippen molar-refractivity contribution in [3.63, 3.8) is 0 Å². The van der Waals surface area contributed by atoms with Crippen LogP contribution in [0.2, 0.25) is 0 Å². The fourth-order valence-electron chi connectivity index (χ4n) is 9.91. The minimum Gasteiger partial charge on any atom is -0.505 e. The summed E-state index contributed by atoms with van der Waals surface area (Å²) >= 11 is 0. The first-order chi connectivity index (χ1) is 28.0. The van der Waals surface area contributed by atoms with Crippen LogP contribution in [0.25, 0.3) is 16.7 Å². The third-order valence-corrected chi connectivity index (χ3v) is 13.2. The van der Waals surface area contributed by atoms with E-state index in [4.69, 9.17) is 15.7 Å². The molecule has 0 heterocycles. The van der Waals surface area contributed by atoms with E-state index in [-0.39, 0.29) is 32.9 Å². The highest BCUT2D eigenvalue weighted by Gasteiger charge is 2.39. The number of phenolic OH excluding ortho intramolecular Hbond substituents is 3. The molecule has 6 heteroatoms. The number of hydrogen-bond donors (Lipinski definition) is 3. The molecule has 4 nitrogen and oxygen atoms in total. The first-order valence-corrected chi connectivity index (χ1v) is 21.1. The van der Waals surface area contributed by atoms with Gasteiger partial charge in [0.1, 0.15) is 15.7 Å². The molecule has 2 aliphatic rings. The Hall–Kier alpha value is -5.35. The molecule has 0 aliphatic heterocycles. The highest BCUT2D eigenvalue weighted by molar-refractivity contribution is 6.52. The molecule has 4 radical (unpaired) electrons. The molecule has 7 rings (SSSR count). The van der Waals surface area contributed by atoms with Gasteiger partial charge < -0.3 is 20.2 Å². The van der Waals surface area contributed by atoms with Crippen LogP contribution in [0.4, 0.5) is 11.4 Å². The van der Waals surface area contributed by atoms with Crippen LogP contribution in [0.1, 0.15) is 115 Å². The first-order valence-electron chi connectivity index (χ1n) is 21.1. The normalized spacial score (nSPS) is 14.9. The fraction of sp³-hybridized carbons (Fsp3) is 0.321.